The van der Waals surface area contributed by atoms with E-state index in [0.29, 0.717) is 11.8 Å². The molecule has 0 saturated carbocycles. The van der Waals surface area contributed by atoms with Gasteiger partial charge in [-0.2, -0.15) is 0 Å². The van der Waals surface area contributed by atoms with Crippen LogP contribution in [0.2, 0.25) is 0 Å². The van der Waals surface area contributed by atoms with Gasteiger partial charge < -0.3 is 0 Å². The van der Waals surface area contributed by atoms with Crippen molar-refractivity contribution in [1.29, 1.82) is 0 Å². The number of carbonyl (C=O) groups excluding carboxylic acids is 1. The summed E-state index contributed by atoms with van der Waals surface area (Å²) in [6, 6.07) is 0. The van der Waals surface area contributed by atoms with Crippen LogP contribution in [0, 0.1) is 0 Å². The minimum Gasteiger partial charge on any atom is -0.287 e. The highest BCUT2D eigenvalue weighted by molar-refractivity contribution is 8.13. The second kappa shape index (κ2) is 7.25. The van der Waals surface area contributed by atoms with E-state index in [0.717, 1.165) is 0 Å². The molecule has 0 aromatic heterocycles. The Morgan fingerprint density at radius 2 is 1.67 bits per heavy atom. The van der Waals surface area contributed by atoms with Crippen LogP contribution in [0.15, 0.2) is 0 Å². The molecular weight excluding hydrogens is 282 g/mol. The van der Waals surface area contributed by atoms with E-state index in [4.69, 9.17) is 0 Å². The van der Waals surface area contributed by atoms with Crippen molar-refractivity contribution in [3.8, 4) is 0 Å². The maximum absolute atomic E-state index is 13.1. The van der Waals surface area contributed by atoms with Gasteiger partial charge in [0.05, 0.1) is 0 Å². The maximum Gasteiger partial charge on any atom is 0.307 e. The monoisotopic (exact) mass is 296 g/mol. The van der Waals surface area contributed by atoms with Gasteiger partial charge >= 0.3 is 12.3 Å². The molecule has 1 nitrogen and oxygen atoms in total. The maximum atomic E-state index is 13.1. The Balaban J connectivity index is 4.04. The van der Waals surface area contributed by atoms with E-state index >= 15 is 0 Å². The van der Waals surface area contributed by atoms with Crippen molar-refractivity contribution in [1.82, 2.24) is 0 Å². The van der Waals surface area contributed by atoms with E-state index in [2.05, 4.69) is 0 Å². The summed E-state index contributed by atoms with van der Waals surface area (Å²) in [7, 11) is 0. The van der Waals surface area contributed by atoms with E-state index in [1.54, 1.807) is 6.92 Å². The van der Waals surface area contributed by atoms with Gasteiger partial charge in [0.15, 0.2) is 5.12 Å². The van der Waals surface area contributed by atoms with Crippen LogP contribution in [-0.2, 0) is 4.79 Å². The lowest BCUT2D eigenvalue weighted by molar-refractivity contribution is -0.146. The molecule has 0 amide bonds. The van der Waals surface area contributed by atoms with Crippen LogP contribution in [0.1, 0.15) is 32.6 Å². The van der Waals surface area contributed by atoms with Crippen molar-refractivity contribution in [2.24, 2.45) is 0 Å². The highest BCUT2D eigenvalue weighted by Crippen LogP contribution is 2.34. The number of halogens is 6. The summed E-state index contributed by atoms with van der Waals surface area (Å²) in [5.41, 5.74) is 0. The number of hydrogen-bond donors (Lipinski definition) is 0. The van der Waals surface area contributed by atoms with Crippen molar-refractivity contribution in [3.05, 3.63) is 0 Å². The minimum absolute atomic E-state index is 0.194. The van der Waals surface area contributed by atoms with Crippen LogP contribution in [-0.4, -0.2) is 29.1 Å². The van der Waals surface area contributed by atoms with E-state index < -0.39 is 37.5 Å². The fourth-order valence-corrected chi connectivity index (χ4v) is 1.83. The van der Waals surface area contributed by atoms with Gasteiger partial charge in [-0.3, -0.25) is 4.79 Å². The number of alkyl halides is 6. The Morgan fingerprint density at radius 1 is 1.11 bits per heavy atom. The predicted molar refractivity (Wildman–Crippen MR) is 57.5 cm³/mol. The average molecular weight is 296 g/mol. The number of hydrogen-bond acceptors (Lipinski definition) is 2. The lowest BCUT2D eigenvalue weighted by atomic mass is 10.1. The van der Waals surface area contributed by atoms with Gasteiger partial charge in [0, 0.05) is 31.4 Å². The van der Waals surface area contributed by atoms with Crippen LogP contribution in [0.25, 0.3) is 0 Å². The molecular formula is C10H14F6OS. The lowest BCUT2D eigenvalue weighted by Gasteiger charge is -2.20. The molecule has 108 valence electrons. The fraction of sp³-hybridized carbons (Fsp3) is 0.900. The van der Waals surface area contributed by atoms with Gasteiger partial charge in [0.2, 0.25) is 5.92 Å². The summed E-state index contributed by atoms with van der Waals surface area (Å²) in [6.45, 7) is 1.57. The Hall–Kier alpha value is -0.400. The molecule has 0 saturated heterocycles. The van der Waals surface area contributed by atoms with Crippen LogP contribution in [0.4, 0.5) is 26.3 Å². The molecule has 0 aliphatic carbocycles. The average Bonchev–Trinajstić information content (AvgIpc) is 2.26. The van der Waals surface area contributed by atoms with E-state index in [9.17, 15) is 31.1 Å². The quantitative estimate of drug-likeness (QED) is 0.619. The zero-order valence-corrected chi connectivity index (χ0v) is 10.5. The van der Waals surface area contributed by atoms with Gasteiger partial charge in [0.25, 0.3) is 0 Å². The summed E-state index contributed by atoms with van der Waals surface area (Å²) in [4.78, 5) is 10.8. The first-order valence-corrected chi connectivity index (χ1v) is 6.28. The van der Waals surface area contributed by atoms with Crippen LogP contribution >= 0.6 is 11.8 Å². The van der Waals surface area contributed by atoms with E-state index in [-0.39, 0.29) is 17.3 Å². The van der Waals surface area contributed by atoms with Crippen molar-refractivity contribution < 1.29 is 31.1 Å². The van der Waals surface area contributed by atoms with Gasteiger partial charge in [-0.15, -0.1) is 0 Å². The molecule has 0 atom stereocenters. The molecule has 0 aliphatic rings. The van der Waals surface area contributed by atoms with Crippen molar-refractivity contribution in [2.75, 3.05) is 5.75 Å². The van der Waals surface area contributed by atoms with Gasteiger partial charge in [-0.1, -0.05) is 18.7 Å². The van der Waals surface area contributed by atoms with Crippen LogP contribution in [0.3, 0.4) is 0 Å². The second-order valence-electron chi connectivity index (χ2n) is 3.74. The first-order chi connectivity index (χ1) is 8.10. The molecule has 18 heavy (non-hydrogen) atoms. The lowest BCUT2D eigenvalue weighted by Crippen LogP contribution is -2.30. The van der Waals surface area contributed by atoms with Gasteiger partial charge in [-0.25, -0.2) is 26.3 Å². The molecule has 0 N–H and O–H groups in total. The molecule has 0 bridgehead atoms. The molecule has 8 heteroatoms. The molecule has 0 rings (SSSR count). The fourth-order valence-electron chi connectivity index (χ4n) is 1.000. The predicted octanol–water partition coefficient (Wildman–Crippen LogP) is 4.36. The molecule has 0 unspecified atom stereocenters. The van der Waals surface area contributed by atoms with Gasteiger partial charge in [-0.05, 0) is 0 Å². The van der Waals surface area contributed by atoms with Crippen molar-refractivity contribution in [3.63, 3.8) is 0 Å². The second-order valence-corrected chi connectivity index (χ2v) is 4.89. The summed E-state index contributed by atoms with van der Waals surface area (Å²) in [5, 5.41) is -0.274. The van der Waals surface area contributed by atoms with Crippen LogP contribution < -0.4 is 0 Å². The zero-order chi connectivity index (χ0) is 14.4. The smallest absolute Gasteiger partial charge is 0.287 e. The molecule has 0 fully saturated rings. The SMILES string of the molecule is CCC(=O)SCCC(F)(F)CCC(F)(F)C(F)F. The molecule has 0 spiro atoms. The van der Waals surface area contributed by atoms with E-state index in [1.807, 2.05) is 0 Å². The first kappa shape index (κ1) is 17.6. The minimum atomic E-state index is -4.39. The Labute approximate surface area is 105 Å². The third-order valence-corrected chi connectivity index (χ3v) is 3.18. The van der Waals surface area contributed by atoms with Gasteiger partial charge in [0.1, 0.15) is 0 Å². The highest BCUT2D eigenvalue weighted by atomic mass is 32.2. The summed E-state index contributed by atoms with van der Waals surface area (Å²) < 4.78 is 74.5. The Bertz CT molecular complexity index is 269. The molecule has 0 aromatic carbocycles. The number of carbonyl (C=O) groups is 1. The molecule has 0 aromatic rings. The Morgan fingerprint density at radius 3 is 2.11 bits per heavy atom. The third-order valence-electron chi connectivity index (χ3n) is 2.16. The van der Waals surface area contributed by atoms with E-state index in [1.165, 1.54) is 0 Å². The topological polar surface area (TPSA) is 17.1 Å². The largest absolute Gasteiger partial charge is 0.307 e. The zero-order valence-electron chi connectivity index (χ0n) is 9.70. The number of thioether (sulfide) groups is 1. The standard InChI is InChI=1S/C10H14F6OS/c1-2-7(17)18-6-5-9(13,14)3-4-10(15,16)8(11)12/h8H,2-6H2,1H3. The summed E-state index contributed by atoms with van der Waals surface area (Å²) >= 11 is 0.688. The molecule has 0 radical (unpaired) electrons. The first-order valence-electron chi connectivity index (χ1n) is 5.30. The number of rotatable bonds is 8. The molecule has 0 heterocycles. The highest BCUT2D eigenvalue weighted by Gasteiger charge is 2.43. The van der Waals surface area contributed by atoms with Crippen molar-refractivity contribution >= 4 is 16.9 Å². The molecule has 0 aliphatic heterocycles. The summed E-state index contributed by atoms with van der Waals surface area (Å²) in [5.74, 6) is -8.06. The normalized spacial score (nSPS) is 13.1. The van der Waals surface area contributed by atoms with Crippen LogP contribution in [0.5, 0.6) is 0 Å². The third kappa shape index (κ3) is 7.13. The van der Waals surface area contributed by atoms with Crippen molar-refractivity contribution in [2.45, 2.75) is 50.9 Å². The summed E-state index contributed by atoms with van der Waals surface area (Å²) in [6.07, 6.45) is -7.40. The Kier molecular flexibility index (Phi) is 7.09.